The third kappa shape index (κ3) is 3.23. The van der Waals surface area contributed by atoms with Crippen molar-refractivity contribution >= 4 is 0 Å². The van der Waals surface area contributed by atoms with E-state index < -0.39 is 0 Å². The Morgan fingerprint density at radius 1 is 1.04 bits per heavy atom. The molecule has 2 aliphatic rings. The summed E-state index contributed by atoms with van der Waals surface area (Å²) in [6.07, 6.45) is 5.85. The summed E-state index contributed by atoms with van der Waals surface area (Å²) in [5, 5.41) is 4.48. The van der Waals surface area contributed by atoms with E-state index in [4.69, 9.17) is 4.42 Å². The molecular weight excluding hydrogens is 338 g/mol. The van der Waals surface area contributed by atoms with Crippen LogP contribution in [0.2, 0.25) is 0 Å². The zero-order valence-electron chi connectivity index (χ0n) is 15.3. The molecule has 2 aliphatic carbocycles. The molecular formula is C22H23N3O2. The monoisotopic (exact) mass is 361 g/mol. The maximum Gasteiger partial charge on any atom is 0.438 e. The van der Waals surface area contributed by atoms with Crippen LogP contribution in [-0.2, 0) is 13.1 Å². The van der Waals surface area contributed by atoms with Crippen molar-refractivity contribution in [1.29, 1.82) is 0 Å². The first-order valence-electron chi connectivity index (χ1n) is 9.76. The van der Waals surface area contributed by atoms with Crippen LogP contribution in [0.4, 0.5) is 0 Å². The lowest BCUT2D eigenvalue weighted by molar-refractivity contribution is 0.115. The van der Waals surface area contributed by atoms with Gasteiger partial charge < -0.3 is 4.42 Å². The molecule has 1 saturated carbocycles. The lowest BCUT2D eigenvalue weighted by atomic mass is 9.87. The van der Waals surface area contributed by atoms with Gasteiger partial charge in [-0.15, -0.1) is 5.10 Å². The summed E-state index contributed by atoms with van der Waals surface area (Å²) in [5.41, 5.74) is 3.68. The fourth-order valence-corrected chi connectivity index (χ4v) is 4.20. The average Bonchev–Trinajstić information content (AvgIpc) is 3.49. The maximum atomic E-state index is 12.4. The van der Waals surface area contributed by atoms with Gasteiger partial charge in [0.15, 0.2) is 0 Å². The first kappa shape index (κ1) is 16.5. The normalized spacial score (nSPS) is 19.2. The largest absolute Gasteiger partial charge is 0.438 e. The second kappa shape index (κ2) is 6.82. The molecule has 138 valence electrons. The Balaban J connectivity index is 1.45. The SMILES string of the molecule is O=c1oc(-c2ccccc2)nn1CN(C1CC1)C1CCCc2ccccc21. The van der Waals surface area contributed by atoms with Gasteiger partial charge in [0.25, 0.3) is 0 Å². The van der Waals surface area contributed by atoms with Crippen molar-refractivity contribution in [1.82, 2.24) is 14.7 Å². The van der Waals surface area contributed by atoms with Crippen LogP contribution in [0.1, 0.15) is 42.9 Å². The molecule has 5 heteroatoms. The molecule has 0 radical (unpaired) electrons. The Hall–Kier alpha value is -2.66. The fourth-order valence-electron chi connectivity index (χ4n) is 4.20. The Morgan fingerprint density at radius 3 is 2.63 bits per heavy atom. The van der Waals surface area contributed by atoms with Crippen molar-refractivity contribution in [2.75, 3.05) is 0 Å². The van der Waals surface area contributed by atoms with Gasteiger partial charge in [-0.25, -0.2) is 4.79 Å². The average molecular weight is 361 g/mol. The molecule has 3 aromatic rings. The molecule has 1 heterocycles. The van der Waals surface area contributed by atoms with Crippen LogP contribution < -0.4 is 5.76 Å². The Morgan fingerprint density at radius 2 is 1.81 bits per heavy atom. The maximum absolute atomic E-state index is 12.4. The molecule has 0 bridgehead atoms. The van der Waals surface area contributed by atoms with Crippen LogP contribution in [0, 0.1) is 0 Å². The van der Waals surface area contributed by atoms with E-state index in [1.54, 1.807) is 0 Å². The van der Waals surface area contributed by atoms with E-state index in [0.29, 0.717) is 24.6 Å². The highest BCUT2D eigenvalue weighted by Crippen LogP contribution is 2.40. The number of nitrogens with zero attached hydrogens (tertiary/aromatic N) is 3. The zero-order valence-corrected chi connectivity index (χ0v) is 15.3. The van der Waals surface area contributed by atoms with E-state index in [0.717, 1.165) is 18.4 Å². The smallest absolute Gasteiger partial charge is 0.388 e. The van der Waals surface area contributed by atoms with Gasteiger partial charge in [-0.3, -0.25) is 4.90 Å². The van der Waals surface area contributed by atoms with E-state index in [1.807, 2.05) is 30.3 Å². The third-order valence-electron chi connectivity index (χ3n) is 5.68. The summed E-state index contributed by atoms with van der Waals surface area (Å²) in [6, 6.07) is 19.2. The molecule has 1 unspecified atom stereocenters. The Kier molecular flexibility index (Phi) is 4.17. The van der Waals surface area contributed by atoms with Crippen LogP contribution in [-0.4, -0.2) is 20.7 Å². The molecule has 0 N–H and O–H groups in total. The summed E-state index contributed by atoms with van der Waals surface area (Å²) >= 11 is 0. The van der Waals surface area contributed by atoms with Crippen LogP contribution in [0.3, 0.4) is 0 Å². The second-order valence-electron chi connectivity index (χ2n) is 7.53. The minimum atomic E-state index is -0.386. The molecule has 1 atom stereocenters. The van der Waals surface area contributed by atoms with E-state index >= 15 is 0 Å². The van der Waals surface area contributed by atoms with Gasteiger partial charge in [0, 0.05) is 17.6 Å². The van der Waals surface area contributed by atoms with Crippen LogP contribution in [0.15, 0.2) is 63.8 Å². The molecule has 0 saturated heterocycles. The predicted octanol–water partition coefficient (Wildman–Crippen LogP) is 4.00. The minimum absolute atomic E-state index is 0.353. The van der Waals surface area contributed by atoms with Gasteiger partial charge >= 0.3 is 5.76 Å². The molecule has 1 fully saturated rings. The van der Waals surface area contributed by atoms with Crippen molar-refractivity contribution in [3.05, 3.63) is 76.3 Å². The number of rotatable bonds is 5. The number of aryl methyl sites for hydroxylation is 1. The Bertz CT molecular complexity index is 988. The summed E-state index contributed by atoms with van der Waals surface area (Å²) in [5.74, 6) is 0.00369. The zero-order chi connectivity index (χ0) is 18.2. The topological polar surface area (TPSA) is 51.3 Å². The fraction of sp³-hybridized carbons (Fsp3) is 0.364. The number of aromatic nitrogens is 2. The van der Waals surface area contributed by atoms with Crippen molar-refractivity contribution in [2.45, 2.75) is 50.9 Å². The highest BCUT2D eigenvalue weighted by Gasteiger charge is 2.37. The van der Waals surface area contributed by atoms with Crippen molar-refractivity contribution < 1.29 is 4.42 Å². The molecule has 5 nitrogen and oxygen atoms in total. The van der Waals surface area contributed by atoms with Crippen molar-refractivity contribution in [3.63, 3.8) is 0 Å². The highest BCUT2D eigenvalue weighted by atomic mass is 16.4. The standard InChI is InChI=1S/C22H23N3O2/c26-22-25(23-21(27-22)17-8-2-1-3-9-17)15-24(18-13-14-18)20-12-6-10-16-7-4-5-11-19(16)20/h1-5,7-9,11,18,20H,6,10,12-15H2. The van der Waals surface area contributed by atoms with Crippen LogP contribution in [0.25, 0.3) is 11.5 Å². The lowest BCUT2D eigenvalue weighted by Gasteiger charge is -2.35. The predicted molar refractivity (Wildman–Crippen MR) is 103 cm³/mol. The van der Waals surface area contributed by atoms with Gasteiger partial charge in [0.05, 0.1) is 0 Å². The minimum Gasteiger partial charge on any atom is -0.388 e. The molecule has 0 aliphatic heterocycles. The molecule has 0 amide bonds. The molecule has 27 heavy (non-hydrogen) atoms. The summed E-state index contributed by atoms with van der Waals surface area (Å²) in [6.45, 7) is 0.485. The van der Waals surface area contributed by atoms with Crippen molar-refractivity contribution in [2.24, 2.45) is 0 Å². The first-order valence-corrected chi connectivity index (χ1v) is 9.76. The molecule has 2 aromatic carbocycles. The second-order valence-corrected chi connectivity index (χ2v) is 7.53. The van der Waals surface area contributed by atoms with Crippen LogP contribution in [0.5, 0.6) is 0 Å². The third-order valence-corrected chi connectivity index (χ3v) is 5.68. The number of hydrogen-bond donors (Lipinski definition) is 0. The van der Waals surface area contributed by atoms with Gasteiger partial charge in [-0.1, -0.05) is 42.5 Å². The molecule has 0 spiro atoms. The van der Waals surface area contributed by atoms with E-state index in [-0.39, 0.29) is 5.76 Å². The van der Waals surface area contributed by atoms with E-state index in [2.05, 4.69) is 34.3 Å². The van der Waals surface area contributed by atoms with E-state index in [1.165, 1.54) is 35.1 Å². The first-order chi connectivity index (χ1) is 13.3. The Labute approximate surface area is 158 Å². The van der Waals surface area contributed by atoms with Gasteiger partial charge in [-0.2, -0.15) is 4.68 Å². The van der Waals surface area contributed by atoms with E-state index in [9.17, 15) is 4.79 Å². The van der Waals surface area contributed by atoms with Crippen LogP contribution >= 0.6 is 0 Å². The van der Waals surface area contributed by atoms with Gasteiger partial charge in [0.1, 0.15) is 6.67 Å². The number of fused-ring (bicyclic) bond motifs is 1. The molecule has 1 aromatic heterocycles. The highest BCUT2D eigenvalue weighted by molar-refractivity contribution is 5.51. The number of hydrogen-bond acceptors (Lipinski definition) is 4. The summed E-state index contributed by atoms with van der Waals surface area (Å²) < 4.78 is 6.91. The van der Waals surface area contributed by atoms with Gasteiger partial charge in [0.2, 0.25) is 5.89 Å². The quantitative estimate of drug-likeness (QED) is 0.689. The summed E-state index contributed by atoms with van der Waals surface area (Å²) in [7, 11) is 0. The molecule has 5 rings (SSSR count). The summed E-state index contributed by atoms with van der Waals surface area (Å²) in [4.78, 5) is 14.9. The number of benzene rings is 2. The van der Waals surface area contributed by atoms with Gasteiger partial charge in [-0.05, 0) is 55.4 Å². The lowest BCUT2D eigenvalue weighted by Crippen LogP contribution is -2.37. The van der Waals surface area contributed by atoms with Crippen molar-refractivity contribution in [3.8, 4) is 11.5 Å².